The largest absolute Gasteiger partial charge is 0.264 e. The third-order valence-electron chi connectivity index (χ3n) is 9.48. The number of aromatic nitrogens is 3. The average Bonchev–Trinajstić information content (AvgIpc) is 3.21. The lowest BCUT2D eigenvalue weighted by Crippen LogP contribution is -1.96. The summed E-state index contributed by atoms with van der Waals surface area (Å²) in [6.07, 6.45) is 5.66. The summed E-state index contributed by atoms with van der Waals surface area (Å²) in [5.41, 5.74) is 11.9. The summed E-state index contributed by atoms with van der Waals surface area (Å²) in [6, 6.07) is 60.0. The third kappa shape index (κ3) is 5.51. The fourth-order valence-corrected chi connectivity index (χ4v) is 6.89. The van der Waals surface area contributed by atoms with Crippen molar-refractivity contribution in [2.24, 2.45) is 0 Å². The van der Waals surface area contributed by atoms with Crippen molar-refractivity contribution in [2.45, 2.75) is 0 Å². The number of benzene rings is 7. The lowest BCUT2D eigenvalue weighted by Gasteiger charge is -2.13. The van der Waals surface area contributed by atoms with E-state index in [-0.39, 0.29) is 0 Å². The molecule has 0 saturated heterocycles. The van der Waals surface area contributed by atoms with Gasteiger partial charge in [0.2, 0.25) is 0 Å². The zero-order valence-electron chi connectivity index (χ0n) is 27.2. The number of hydrogen-bond acceptors (Lipinski definition) is 3. The van der Waals surface area contributed by atoms with Gasteiger partial charge >= 0.3 is 0 Å². The Hall–Kier alpha value is -6.71. The lowest BCUT2D eigenvalue weighted by molar-refractivity contribution is 1.18. The Bertz CT molecular complexity index is 2600. The van der Waals surface area contributed by atoms with Gasteiger partial charge in [-0.1, -0.05) is 164 Å². The van der Waals surface area contributed by atoms with E-state index in [1.165, 1.54) is 43.8 Å². The van der Waals surface area contributed by atoms with Gasteiger partial charge in [0.05, 0.1) is 5.69 Å². The second-order valence-corrected chi connectivity index (χ2v) is 12.5. The van der Waals surface area contributed by atoms with E-state index in [1.807, 2.05) is 18.5 Å². The highest BCUT2D eigenvalue weighted by atomic mass is 14.9. The van der Waals surface area contributed by atoms with E-state index < -0.39 is 0 Å². The topological polar surface area (TPSA) is 38.7 Å². The minimum absolute atomic E-state index is 0.692. The van der Waals surface area contributed by atoms with Crippen LogP contribution < -0.4 is 0 Å². The number of nitrogens with zero attached hydrogens (tertiary/aromatic N) is 3. The molecule has 0 fully saturated rings. The molecule has 0 atom stereocenters. The predicted molar refractivity (Wildman–Crippen MR) is 207 cm³/mol. The fraction of sp³-hybridized carbons (Fsp3) is 0. The smallest absolute Gasteiger partial charge is 0.159 e. The molecule has 0 N–H and O–H groups in total. The molecule has 0 amide bonds. The zero-order chi connectivity index (χ0) is 33.3. The molecule has 9 aromatic rings. The van der Waals surface area contributed by atoms with Crippen LogP contribution in [0.2, 0.25) is 0 Å². The van der Waals surface area contributed by atoms with Crippen LogP contribution in [0.3, 0.4) is 0 Å². The van der Waals surface area contributed by atoms with Gasteiger partial charge in [-0.05, 0) is 66.6 Å². The summed E-state index contributed by atoms with van der Waals surface area (Å²) in [6.45, 7) is 0. The molecule has 0 unspecified atom stereocenters. The molecule has 3 heteroatoms. The first-order valence-electron chi connectivity index (χ1n) is 16.8. The third-order valence-corrected chi connectivity index (χ3v) is 9.48. The Kier molecular flexibility index (Phi) is 7.49. The predicted octanol–water partition coefficient (Wildman–Crippen LogP) is 12.2. The molecular formula is C47H31N3. The van der Waals surface area contributed by atoms with Gasteiger partial charge in [-0.15, -0.1) is 0 Å². The molecule has 0 aliphatic rings. The van der Waals surface area contributed by atoms with Gasteiger partial charge in [0.1, 0.15) is 0 Å². The highest BCUT2D eigenvalue weighted by Gasteiger charge is 2.15. The van der Waals surface area contributed by atoms with E-state index in [1.54, 1.807) is 6.20 Å². The molecule has 50 heavy (non-hydrogen) atoms. The van der Waals surface area contributed by atoms with Crippen molar-refractivity contribution in [3.05, 3.63) is 188 Å². The van der Waals surface area contributed by atoms with Crippen molar-refractivity contribution in [3.8, 4) is 67.2 Å². The van der Waals surface area contributed by atoms with Crippen LogP contribution in [-0.4, -0.2) is 15.0 Å². The molecule has 2 heterocycles. The maximum Gasteiger partial charge on any atom is 0.159 e. The van der Waals surface area contributed by atoms with Crippen molar-refractivity contribution in [1.29, 1.82) is 0 Å². The van der Waals surface area contributed by atoms with Crippen LogP contribution >= 0.6 is 0 Å². The maximum absolute atomic E-state index is 5.24. The van der Waals surface area contributed by atoms with E-state index in [0.717, 1.165) is 39.1 Å². The Morgan fingerprint density at radius 3 is 1.40 bits per heavy atom. The van der Waals surface area contributed by atoms with Crippen LogP contribution in [0.25, 0.3) is 88.7 Å². The Morgan fingerprint density at radius 1 is 0.320 bits per heavy atom. The molecule has 0 radical (unpaired) electrons. The van der Waals surface area contributed by atoms with E-state index in [0.29, 0.717) is 5.82 Å². The standard InChI is InChI=1S/C47H31N3/c1-3-13-41-33(8-1)10-5-15-43(41)35-19-21-37(22-20-35)45-31-49-47(50-46(45)38-25-17-32(18-26-38)40-12-7-29-48-30-40)39-27-23-36(24-28-39)44-16-6-11-34-9-2-4-14-42(34)44/h1-31H. The first kappa shape index (κ1) is 29.4. The van der Waals surface area contributed by atoms with Crippen molar-refractivity contribution < 1.29 is 0 Å². The van der Waals surface area contributed by atoms with Crippen molar-refractivity contribution in [2.75, 3.05) is 0 Å². The number of rotatable bonds is 6. The van der Waals surface area contributed by atoms with Gasteiger partial charge in [0.25, 0.3) is 0 Å². The molecule has 234 valence electrons. The Morgan fingerprint density at radius 2 is 0.820 bits per heavy atom. The van der Waals surface area contributed by atoms with Crippen molar-refractivity contribution >= 4 is 21.5 Å². The van der Waals surface area contributed by atoms with Crippen molar-refractivity contribution in [3.63, 3.8) is 0 Å². The number of pyridine rings is 1. The molecule has 0 aliphatic heterocycles. The highest BCUT2D eigenvalue weighted by Crippen LogP contribution is 2.36. The van der Waals surface area contributed by atoms with Gasteiger partial charge in [-0.3, -0.25) is 4.98 Å². The molecule has 3 nitrogen and oxygen atoms in total. The monoisotopic (exact) mass is 637 g/mol. The Labute approximate surface area is 291 Å². The van der Waals surface area contributed by atoms with Gasteiger partial charge in [0, 0.05) is 35.3 Å². The van der Waals surface area contributed by atoms with E-state index in [2.05, 4.69) is 169 Å². The lowest BCUT2D eigenvalue weighted by atomic mass is 9.94. The quantitative estimate of drug-likeness (QED) is 0.182. The molecular weight excluding hydrogens is 607 g/mol. The molecule has 0 spiro atoms. The van der Waals surface area contributed by atoms with Crippen LogP contribution in [0.15, 0.2) is 188 Å². The average molecular weight is 638 g/mol. The van der Waals surface area contributed by atoms with Crippen molar-refractivity contribution in [1.82, 2.24) is 15.0 Å². The summed E-state index contributed by atoms with van der Waals surface area (Å²) in [5, 5.41) is 4.96. The number of hydrogen-bond donors (Lipinski definition) is 0. The summed E-state index contributed by atoms with van der Waals surface area (Å²) in [5.74, 6) is 0.692. The second-order valence-electron chi connectivity index (χ2n) is 12.5. The van der Waals surface area contributed by atoms with Crippen LogP contribution in [0.1, 0.15) is 0 Å². The SMILES string of the molecule is c1cncc(-c2ccc(-c3nc(-c4ccc(-c5cccc6ccccc56)cc4)ncc3-c3ccc(-c4cccc5ccccc45)cc3)cc2)c1. The molecule has 2 aromatic heterocycles. The summed E-state index contributed by atoms with van der Waals surface area (Å²) < 4.78 is 0. The van der Waals surface area contributed by atoms with Crippen LogP contribution in [0.4, 0.5) is 0 Å². The van der Waals surface area contributed by atoms with E-state index >= 15 is 0 Å². The Balaban J connectivity index is 1.11. The van der Waals surface area contributed by atoms with Crippen LogP contribution in [0.5, 0.6) is 0 Å². The number of fused-ring (bicyclic) bond motifs is 2. The molecule has 0 saturated carbocycles. The van der Waals surface area contributed by atoms with Gasteiger partial charge in [-0.25, -0.2) is 9.97 Å². The highest BCUT2D eigenvalue weighted by molar-refractivity contribution is 5.98. The molecule has 7 aromatic carbocycles. The minimum atomic E-state index is 0.692. The second kappa shape index (κ2) is 12.7. The normalized spacial score (nSPS) is 11.2. The fourth-order valence-electron chi connectivity index (χ4n) is 6.89. The first-order valence-corrected chi connectivity index (χ1v) is 16.8. The van der Waals surface area contributed by atoms with Gasteiger partial charge in [0.15, 0.2) is 5.82 Å². The summed E-state index contributed by atoms with van der Waals surface area (Å²) >= 11 is 0. The van der Waals surface area contributed by atoms with Gasteiger partial charge < -0.3 is 0 Å². The minimum Gasteiger partial charge on any atom is -0.264 e. The van der Waals surface area contributed by atoms with Crippen LogP contribution in [0, 0.1) is 0 Å². The summed E-state index contributed by atoms with van der Waals surface area (Å²) in [4.78, 5) is 14.5. The molecule has 0 bridgehead atoms. The van der Waals surface area contributed by atoms with E-state index in [4.69, 9.17) is 9.97 Å². The molecule has 0 aliphatic carbocycles. The maximum atomic E-state index is 5.24. The molecule has 9 rings (SSSR count). The first-order chi connectivity index (χ1) is 24.8. The zero-order valence-corrected chi connectivity index (χ0v) is 27.2. The van der Waals surface area contributed by atoms with E-state index in [9.17, 15) is 0 Å². The van der Waals surface area contributed by atoms with Gasteiger partial charge in [-0.2, -0.15) is 0 Å². The van der Waals surface area contributed by atoms with Crippen LogP contribution in [-0.2, 0) is 0 Å². The summed E-state index contributed by atoms with van der Waals surface area (Å²) in [7, 11) is 0.